The Balaban J connectivity index is 2.22. The van der Waals surface area contributed by atoms with Crippen LogP contribution in [-0.4, -0.2) is 29.1 Å². The van der Waals surface area contributed by atoms with Crippen molar-refractivity contribution in [3.63, 3.8) is 0 Å². The van der Waals surface area contributed by atoms with Crippen LogP contribution in [0.25, 0.3) is 0 Å². The molecule has 1 heterocycles. The normalized spacial score (nSPS) is 15.0. The smallest absolute Gasteiger partial charge is 0.332 e. The maximum absolute atomic E-state index is 10.5. The van der Waals surface area contributed by atoms with Crippen LogP contribution >= 0.6 is 0 Å². The van der Waals surface area contributed by atoms with E-state index in [4.69, 9.17) is 14.6 Å². The van der Waals surface area contributed by atoms with Gasteiger partial charge in [0.25, 0.3) is 0 Å². The molecule has 15 heavy (non-hydrogen) atoms. The molecule has 5 nitrogen and oxygen atoms in total. The summed E-state index contributed by atoms with van der Waals surface area (Å²) in [6.07, 6.45) is -1.40. The van der Waals surface area contributed by atoms with Crippen molar-refractivity contribution in [3.8, 4) is 11.5 Å². The van der Waals surface area contributed by atoms with Crippen molar-refractivity contribution in [3.05, 3.63) is 23.8 Å². The summed E-state index contributed by atoms with van der Waals surface area (Å²) in [5, 5.41) is 17.8. The number of fused-ring (bicyclic) bond motifs is 1. The number of hydrogen-bond donors (Lipinski definition) is 2. The summed E-state index contributed by atoms with van der Waals surface area (Å²) < 4.78 is 10.3. The van der Waals surface area contributed by atoms with Crippen LogP contribution in [0.3, 0.4) is 0 Å². The van der Waals surface area contributed by atoms with E-state index < -0.39 is 12.1 Å². The Hall–Kier alpha value is -1.75. The second-order valence-electron chi connectivity index (χ2n) is 3.21. The first-order valence-corrected chi connectivity index (χ1v) is 4.47. The van der Waals surface area contributed by atoms with Gasteiger partial charge in [0.1, 0.15) is 0 Å². The Bertz CT molecular complexity index is 387. The molecule has 0 aliphatic carbocycles. The standard InChI is InChI=1S/C10H10O5/c11-7(10(12)13)4-6-2-1-3-8-9(6)15-5-14-8/h1-3,7,11H,4-5H2,(H,12,13)/t7-/m0/s1. The van der Waals surface area contributed by atoms with Crippen molar-refractivity contribution in [2.45, 2.75) is 12.5 Å². The molecule has 0 aromatic heterocycles. The summed E-state index contributed by atoms with van der Waals surface area (Å²) in [6.45, 7) is 0.134. The number of ether oxygens (including phenoxy) is 2. The van der Waals surface area contributed by atoms with E-state index in [1.54, 1.807) is 18.2 Å². The quantitative estimate of drug-likeness (QED) is 0.755. The lowest BCUT2D eigenvalue weighted by atomic mass is 10.1. The van der Waals surface area contributed by atoms with E-state index in [1.165, 1.54) is 0 Å². The number of carboxylic acids is 1. The van der Waals surface area contributed by atoms with Crippen molar-refractivity contribution in [2.75, 3.05) is 6.79 Å². The largest absolute Gasteiger partial charge is 0.479 e. The van der Waals surface area contributed by atoms with Gasteiger partial charge < -0.3 is 19.7 Å². The van der Waals surface area contributed by atoms with E-state index in [2.05, 4.69) is 0 Å². The zero-order valence-electron chi connectivity index (χ0n) is 7.84. The van der Waals surface area contributed by atoms with Crippen LogP contribution in [0.1, 0.15) is 5.56 Å². The molecular weight excluding hydrogens is 200 g/mol. The molecule has 1 aromatic rings. The maximum Gasteiger partial charge on any atom is 0.332 e. The Morgan fingerprint density at radius 2 is 2.27 bits per heavy atom. The van der Waals surface area contributed by atoms with E-state index in [0.717, 1.165) is 0 Å². The van der Waals surface area contributed by atoms with Gasteiger partial charge in [-0.05, 0) is 6.07 Å². The molecule has 5 heteroatoms. The minimum Gasteiger partial charge on any atom is -0.479 e. The Morgan fingerprint density at radius 1 is 1.47 bits per heavy atom. The second kappa shape index (κ2) is 3.78. The molecule has 0 radical (unpaired) electrons. The number of benzene rings is 1. The van der Waals surface area contributed by atoms with Crippen LogP contribution < -0.4 is 9.47 Å². The zero-order valence-corrected chi connectivity index (χ0v) is 7.84. The van der Waals surface area contributed by atoms with Crippen LogP contribution in [0.5, 0.6) is 11.5 Å². The summed E-state index contributed by atoms with van der Waals surface area (Å²) >= 11 is 0. The Kier molecular flexibility index (Phi) is 2.47. The average Bonchev–Trinajstić information content (AvgIpc) is 2.66. The van der Waals surface area contributed by atoms with Crippen molar-refractivity contribution in [2.24, 2.45) is 0 Å². The summed E-state index contributed by atoms with van der Waals surface area (Å²) in [5.74, 6) is -0.130. The highest BCUT2D eigenvalue weighted by molar-refractivity contribution is 5.72. The predicted molar refractivity (Wildman–Crippen MR) is 49.9 cm³/mol. The lowest BCUT2D eigenvalue weighted by molar-refractivity contribution is -0.146. The molecule has 1 atom stereocenters. The Morgan fingerprint density at radius 3 is 3.00 bits per heavy atom. The molecule has 0 fully saturated rings. The van der Waals surface area contributed by atoms with E-state index in [9.17, 15) is 9.90 Å². The van der Waals surface area contributed by atoms with Crippen molar-refractivity contribution in [1.82, 2.24) is 0 Å². The number of carbonyl (C=O) groups is 1. The molecule has 0 amide bonds. The molecule has 2 rings (SSSR count). The minimum absolute atomic E-state index is 0.0157. The van der Waals surface area contributed by atoms with E-state index in [1.807, 2.05) is 0 Å². The van der Waals surface area contributed by atoms with E-state index in [-0.39, 0.29) is 13.2 Å². The highest BCUT2D eigenvalue weighted by Crippen LogP contribution is 2.35. The molecule has 0 saturated carbocycles. The maximum atomic E-state index is 10.5. The number of rotatable bonds is 3. The van der Waals surface area contributed by atoms with Gasteiger partial charge >= 0.3 is 5.97 Å². The highest BCUT2D eigenvalue weighted by atomic mass is 16.7. The van der Waals surface area contributed by atoms with Gasteiger partial charge in [0.05, 0.1) is 0 Å². The number of para-hydroxylation sites is 1. The fourth-order valence-electron chi connectivity index (χ4n) is 1.45. The summed E-state index contributed by atoms with van der Waals surface area (Å²) in [6, 6.07) is 5.18. The first-order valence-electron chi connectivity index (χ1n) is 4.47. The Labute approximate surface area is 85.9 Å². The number of hydrogen-bond acceptors (Lipinski definition) is 4. The molecule has 1 aliphatic rings. The molecule has 0 spiro atoms. The fourth-order valence-corrected chi connectivity index (χ4v) is 1.45. The van der Waals surface area contributed by atoms with Gasteiger partial charge in [-0.25, -0.2) is 4.79 Å². The lowest BCUT2D eigenvalue weighted by Gasteiger charge is -2.07. The van der Waals surface area contributed by atoms with Gasteiger partial charge in [0, 0.05) is 12.0 Å². The third-order valence-corrected chi connectivity index (χ3v) is 2.18. The van der Waals surface area contributed by atoms with Gasteiger partial charge in [-0.2, -0.15) is 0 Å². The molecule has 0 unspecified atom stereocenters. The second-order valence-corrected chi connectivity index (χ2v) is 3.21. The molecular formula is C10H10O5. The van der Waals surface area contributed by atoms with Crippen LogP contribution in [0.15, 0.2) is 18.2 Å². The summed E-state index contributed by atoms with van der Waals surface area (Å²) in [4.78, 5) is 10.5. The molecule has 1 aliphatic heterocycles. The third kappa shape index (κ3) is 1.87. The van der Waals surface area contributed by atoms with Gasteiger partial charge in [-0.15, -0.1) is 0 Å². The van der Waals surface area contributed by atoms with Crippen LogP contribution in [0, 0.1) is 0 Å². The van der Waals surface area contributed by atoms with Crippen molar-refractivity contribution in [1.29, 1.82) is 0 Å². The average molecular weight is 210 g/mol. The monoisotopic (exact) mass is 210 g/mol. The molecule has 0 saturated heterocycles. The van der Waals surface area contributed by atoms with Crippen LogP contribution in [0.4, 0.5) is 0 Å². The molecule has 1 aromatic carbocycles. The predicted octanol–water partition coefficient (Wildman–Crippen LogP) is 0.403. The fraction of sp³-hybridized carbons (Fsp3) is 0.300. The first kappa shape index (κ1) is 9.79. The number of aliphatic carboxylic acids is 1. The van der Waals surface area contributed by atoms with Crippen molar-refractivity contribution < 1.29 is 24.5 Å². The number of carboxylic acid groups (broad SMARTS) is 1. The van der Waals surface area contributed by atoms with Gasteiger partial charge in [-0.1, -0.05) is 12.1 Å². The van der Waals surface area contributed by atoms with Gasteiger partial charge in [-0.3, -0.25) is 0 Å². The number of aliphatic hydroxyl groups excluding tert-OH is 1. The van der Waals surface area contributed by atoms with Gasteiger partial charge in [0.2, 0.25) is 6.79 Å². The summed E-state index contributed by atoms with van der Waals surface area (Å²) in [7, 11) is 0. The van der Waals surface area contributed by atoms with Gasteiger partial charge in [0.15, 0.2) is 17.6 Å². The third-order valence-electron chi connectivity index (χ3n) is 2.18. The first-order chi connectivity index (χ1) is 7.18. The minimum atomic E-state index is -1.42. The van der Waals surface area contributed by atoms with Crippen LogP contribution in [0.2, 0.25) is 0 Å². The highest BCUT2D eigenvalue weighted by Gasteiger charge is 2.21. The summed E-state index contributed by atoms with van der Waals surface area (Å²) in [5.41, 5.74) is 0.639. The van der Waals surface area contributed by atoms with Crippen LogP contribution in [-0.2, 0) is 11.2 Å². The van der Waals surface area contributed by atoms with Crippen molar-refractivity contribution >= 4 is 5.97 Å². The van der Waals surface area contributed by atoms with E-state index in [0.29, 0.717) is 17.1 Å². The number of aliphatic hydroxyl groups is 1. The lowest BCUT2D eigenvalue weighted by Crippen LogP contribution is -2.22. The zero-order chi connectivity index (χ0) is 10.8. The topological polar surface area (TPSA) is 76.0 Å². The molecule has 0 bridgehead atoms. The SMILES string of the molecule is O=C(O)[C@@H](O)Cc1cccc2c1OCO2. The van der Waals surface area contributed by atoms with E-state index >= 15 is 0 Å². The molecule has 2 N–H and O–H groups in total. The molecule has 80 valence electrons.